The molecule has 16 heavy (non-hydrogen) atoms. The number of nitrogens with two attached hydrogens (primary N) is 1. The van der Waals surface area contributed by atoms with Gasteiger partial charge in [-0.05, 0) is 31.9 Å². The molecule has 0 bridgehead atoms. The van der Waals surface area contributed by atoms with E-state index in [4.69, 9.17) is 5.73 Å². The van der Waals surface area contributed by atoms with E-state index >= 15 is 0 Å². The maximum atomic E-state index is 11.8. The molecule has 0 heterocycles. The summed E-state index contributed by atoms with van der Waals surface area (Å²) in [6.07, 6.45) is 1.64. The fourth-order valence-corrected chi connectivity index (χ4v) is 1.87. The third-order valence-corrected chi connectivity index (χ3v) is 2.91. The number of hydrogen-bond acceptors (Lipinski definition) is 3. The van der Waals surface area contributed by atoms with Gasteiger partial charge in [0.05, 0.1) is 5.56 Å². The van der Waals surface area contributed by atoms with Gasteiger partial charge in [0.2, 0.25) is 0 Å². The molecule has 2 rings (SSSR count). The fraction of sp³-hybridized carbons (Fsp3) is 0.417. The van der Waals surface area contributed by atoms with Gasteiger partial charge in [0, 0.05) is 12.1 Å². The summed E-state index contributed by atoms with van der Waals surface area (Å²) in [5.74, 6) is -0.204. The number of benzene rings is 1. The minimum absolute atomic E-state index is 0.0201. The molecule has 4 heteroatoms. The van der Waals surface area contributed by atoms with Crippen LogP contribution in [0, 0.1) is 6.92 Å². The Labute approximate surface area is 94.5 Å². The number of hydrogen-bond donors (Lipinski definition) is 3. The highest BCUT2D eigenvalue weighted by Gasteiger charge is 2.27. The number of amides is 1. The van der Waals surface area contributed by atoms with Crippen LogP contribution in [0.4, 0.5) is 0 Å². The molecule has 0 spiro atoms. The standard InChI is InChI=1S/C12H16N2O2/c1-7-2-3-11(15)10(4-7)12(16)14-9-5-8(13)6-9/h2-4,8-9,15H,5-6,13H2,1H3,(H,14,16). The van der Waals surface area contributed by atoms with Crippen LogP contribution in [0.2, 0.25) is 0 Å². The predicted molar refractivity (Wildman–Crippen MR) is 61.3 cm³/mol. The Bertz CT molecular complexity index is 411. The Kier molecular flexibility index (Phi) is 2.83. The quantitative estimate of drug-likeness (QED) is 0.693. The van der Waals surface area contributed by atoms with E-state index in [0.717, 1.165) is 18.4 Å². The second kappa shape index (κ2) is 4.14. The monoisotopic (exact) mass is 220 g/mol. The summed E-state index contributed by atoms with van der Waals surface area (Å²) >= 11 is 0. The van der Waals surface area contributed by atoms with Crippen LogP contribution in [0.25, 0.3) is 0 Å². The first-order valence-electron chi connectivity index (χ1n) is 5.42. The summed E-state index contributed by atoms with van der Waals surface area (Å²) in [5, 5.41) is 12.4. The zero-order chi connectivity index (χ0) is 11.7. The molecule has 1 aliphatic carbocycles. The molecule has 0 radical (unpaired) electrons. The smallest absolute Gasteiger partial charge is 0.255 e. The second-order valence-electron chi connectivity index (χ2n) is 4.42. The van der Waals surface area contributed by atoms with E-state index in [1.54, 1.807) is 12.1 Å². The lowest BCUT2D eigenvalue weighted by Gasteiger charge is -2.33. The molecular formula is C12H16N2O2. The van der Waals surface area contributed by atoms with Gasteiger partial charge in [-0.3, -0.25) is 4.79 Å². The van der Waals surface area contributed by atoms with Crippen molar-refractivity contribution in [2.75, 3.05) is 0 Å². The van der Waals surface area contributed by atoms with Crippen molar-refractivity contribution < 1.29 is 9.90 Å². The van der Waals surface area contributed by atoms with E-state index in [2.05, 4.69) is 5.32 Å². The van der Waals surface area contributed by atoms with Crippen LogP contribution in [0.1, 0.15) is 28.8 Å². The van der Waals surface area contributed by atoms with Gasteiger partial charge in [-0.25, -0.2) is 0 Å². The van der Waals surface area contributed by atoms with Crippen molar-refractivity contribution >= 4 is 5.91 Å². The third-order valence-electron chi connectivity index (χ3n) is 2.91. The molecular weight excluding hydrogens is 204 g/mol. The van der Waals surface area contributed by atoms with E-state index in [0.29, 0.717) is 5.56 Å². The zero-order valence-corrected chi connectivity index (χ0v) is 9.23. The van der Waals surface area contributed by atoms with Crippen molar-refractivity contribution in [3.63, 3.8) is 0 Å². The molecule has 1 saturated carbocycles. The van der Waals surface area contributed by atoms with Gasteiger partial charge >= 0.3 is 0 Å². The summed E-state index contributed by atoms with van der Waals surface area (Å²) in [4.78, 5) is 11.8. The van der Waals surface area contributed by atoms with E-state index in [-0.39, 0.29) is 23.7 Å². The number of aromatic hydroxyl groups is 1. The largest absolute Gasteiger partial charge is 0.507 e. The number of phenolic OH excluding ortho intramolecular Hbond substituents is 1. The van der Waals surface area contributed by atoms with Crippen molar-refractivity contribution in [3.05, 3.63) is 29.3 Å². The Balaban J connectivity index is 2.05. The molecule has 1 aliphatic rings. The first-order valence-corrected chi connectivity index (χ1v) is 5.42. The van der Waals surface area contributed by atoms with E-state index < -0.39 is 0 Å². The van der Waals surface area contributed by atoms with Gasteiger partial charge in [0.15, 0.2) is 0 Å². The van der Waals surface area contributed by atoms with Gasteiger partial charge in [-0.1, -0.05) is 11.6 Å². The van der Waals surface area contributed by atoms with Gasteiger partial charge < -0.3 is 16.2 Å². The number of aryl methyl sites for hydroxylation is 1. The van der Waals surface area contributed by atoms with Crippen LogP contribution in [0.3, 0.4) is 0 Å². The molecule has 1 fully saturated rings. The van der Waals surface area contributed by atoms with Gasteiger partial charge in [0.1, 0.15) is 5.75 Å². The normalized spacial score (nSPS) is 23.6. The molecule has 4 N–H and O–H groups in total. The molecule has 1 aromatic rings. The highest BCUT2D eigenvalue weighted by molar-refractivity contribution is 5.97. The Morgan fingerprint density at radius 1 is 1.50 bits per heavy atom. The van der Waals surface area contributed by atoms with Crippen molar-refractivity contribution in [1.82, 2.24) is 5.32 Å². The van der Waals surface area contributed by atoms with Crippen molar-refractivity contribution in [1.29, 1.82) is 0 Å². The van der Waals surface area contributed by atoms with Crippen molar-refractivity contribution in [2.45, 2.75) is 31.8 Å². The lowest BCUT2D eigenvalue weighted by Crippen LogP contribution is -2.50. The van der Waals surface area contributed by atoms with Crippen molar-refractivity contribution in [3.8, 4) is 5.75 Å². The highest BCUT2D eigenvalue weighted by Crippen LogP contribution is 2.21. The molecule has 0 saturated heterocycles. The Morgan fingerprint density at radius 2 is 2.19 bits per heavy atom. The van der Waals surface area contributed by atoms with Gasteiger partial charge in [-0.15, -0.1) is 0 Å². The third kappa shape index (κ3) is 2.17. The zero-order valence-electron chi connectivity index (χ0n) is 9.23. The topological polar surface area (TPSA) is 75.3 Å². The Morgan fingerprint density at radius 3 is 2.81 bits per heavy atom. The molecule has 4 nitrogen and oxygen atoms in total. The number of carbonyl (C=O) groups is 1. The molecule has 0 unspecified atom stereocenters. The minimum Gasteiger partial charge on any atom is -0.507 e. The average molecular weight is 220 g/mol. The Hall–Kier alpha value is -1.55. The molecule has 1 amide bonds. The van der Waals surface area contributed by atoms with Crippen LogP contribution in [-0.2, 0) is 0 Å². The summed E-state index contributed by atoms with van der Waals surface area (Å²) in [7, 11) is 0. The molecule has 0 atom stereocenters. The van der Waals surface area contributed by atoms with Gasteiger partial charge in [-0.2, -0.15) is 0 Å². The average Bonchev–Trinajstić information content (AvgIpc) is 2.19. The van der Waals surface area contributed by atoms with Crippen LogP contribution in [0.5, 0.6) is 5.75 Å². The summed E-state index contributed by atoms with van der Waals surface area (Å²) in [5.41, 5.74) is 6.92. The van der Waals surface area contributed by atoms with Crippen LogP contribution in [0.15, 0.2) is 18.2 Å². The number of rotatable bonds is 2. The van der Waals surface area contributed by atoms with E-state index in [1.165, 1.54) is 6.07 Å². The molecule has 86 valence electrons. The lowest BCUT2D eigenvalue weighted by molar-refractivity contribution is 0.0907. The SMILES string of the molecule is Cc1ccc(O)c(C(=O)NC2CC(N)C2)c1. The van der Waals surface area contributed by atoms with Crippen LogP contribution in [-0.4, -0.2) is 23.1 Å². The summed E-state index contributed by atoms with van der Waals surface area (Å²) in [6, 6.07) is 5.35. The van der Waals surface area contributed by atoms with E-state index in [9.17, 15) is 9.90 Å². The minimum atomic E-state index is -0.224. The first kappa shape index (κ1) is 11.0. The number of carbonyl (C=O) groups excluding carboxylic acids is 1. The number of phenols is 1. The fourth-order valence-electron chi connectivity index (χ4n) is 1.87. The van der Waals surface area contributed by atoms with Crippen molar-refractivity contribution in [2.24, 2.45) is 5.73 Å². The molecule has 0 aromatic heterocycles. The second-order valence-corrected chi connectivity index (χ2v) is 4.42. The van der Waals surface area contributed by atoms with Crippen LogP contribution >= 0.6 is 0 Å². The molecule has 0 aliphatic heterocycles. The predicted octanol–water partition coefficient (Wildman–Crippen LogP) is 0.920. The summed E-state index contributed by atoms with van der Waals surface area (Å²) in [6.45, 7) is 1.88. The van der Waals surface area contributed by atoms with Crippen LogP contribution < -0.4 is 11.1 Å². The van der Waals surface area contributed by atoms with E-state index in [1.807, 2.05) is 6.92 Å². The lowest BCUT2D eigenvalue weighted by atomic mass is 9.87. The highest BCUT2D eigenvalue weighted by atomic mass is 16.3. The molecule has 1 aromatic carbocycles. The van der Waals surface area contributed by atoms with Gasteiger partial charge in [0.25, 0.3) is 5.91 Å². The maximum Gasteiger partial charge on any atom is 0.255 e. The first-order chi connectivity index (χ1) is 7.56. The summed E-state index contributed by atoms with van der Waals surface area (Å²) < 4.78 is 0. The number of nitrogens with one attached hydrogen (secondary N) is 1. The maximum absolute atomic E-state index is 11.8.